The minimum Gasteiger partial charge on any atom is -0.497 e. The number of carbonyl (C=O) groups is 1. The van der Waals surface area contributed by atoms with E-state index in [-0.39, 0.29) is 12.1 Å². The highest BCUT2D eigenvalue weighted by atomic mass is 32.1. The highest BCUT2D eigenvalue weighted by Crippen LogP contribution is 2.15. The van der Waals surface area contributed by atoms with Gasteiger partial charge in [0.15, 0.2) is 0 Å². The van der Waals surface area contributed by atoms with Gasteiger partial charge < -0.3 is 9.84 Å². The van der Waals surface area contributed by atoms with Crippen molar-refractivity contribution in [1.29, 1.82) is 0 Å². The quantitative estimate of drug-likeness (QED) is 0.759. The van der Waals surface area contributed by atoms with Gasteiger partial charge in [-0.3, -0.25) is 9.59 Å². The van der Waals surface area contributed by atoms with E-state index in [2.05, 4.69) is 10.1 Å². The Morgan fingerprint density at radius 1 is 1.35 bits per heavy atom. The molecular weight excluding hydrogens is 318 g/mol. The summed E-state index contributed by atoms with van der Waals surface area (Å²) in [6.45, 7) is 0. The van der Waals surface area contributed by atoms with Crippen LogP contribution < -0.4 is 10.3 Å². The van der Waals surface area contributed by atoms with Crippen LogP contribution in [0.4, 0.5) is 0 Å². The molecule has 23 heavy (non-hydrogen) atoms. The molecule has 0 aliphatic carbocycles. The first-order chi connectivity index (χ1) is 11.1. The molecule has 0 fully saturated rings. The molecule has 7 nitrogen and oxygen atoms in total. The van der Waals surface area contributed by atoms with Gasteiger partial charge in [0.1, 0.15) is 11.4 Å². The summed E-state index contributed by atoms with van der Waals surface area (Å²) in [5.41, 5.74) is 1.27. The topological polar surface area (TPSA) is 93.8 Å². The minimum absolute atomic E-state index is 0.167. The maximum absolute atomic E-state index is 12.1. The number of hydrogen-bond donors (Lipinski definition) is 1. The Balaban J connectivity index is 1.97. The lowest BCUT2D eigenvalue weighted by atomic mass is 10.1. The molecule has 0 spiro atoms. The van der Waals surface area contributed by atoms with Crippen LogP contribution in [-0.2, 0) is 17.6 Å². The van der Waals surface area contributed by atoms with Gasteiger partial charge >= 0.3 is 5.97 Å². The highest BCUT2D eigenvalue weighted by Gasteiger charge is 2.13. The van der Waals surface area contributed by atoms with Gasteiger partial charge in [-0.25, -0.2) is 4.52 Å². The fraction of sp³-hybridized carbons (Fsp3) is 0.200. The zero-order valence-electron chi connectivity index (χ0n) is 12.2. The second-order valence-electron chi connectivity index (χ2n) is 4.88. The van der Waals surface area contributed by atoms with Crippen molar-refractivity contribution in [1.82, 2.24) is 14.6 Å². The molecule has 0 bridgehead atoms. The van der Waals surface area contributed by atoms with Gasteiger partial charge in [0.25, 0.3) is 5.56 Å². The van der Waals surface area contributed by atoms with E-state index in [1.165, 1.54) is 15.9 Å². The Morgan fingerprint density at radius 3 is 2.74 bits per heavy atom. The molecule has 0 saturated heterocycles. The first-order valence-corrected chi connectivity index (χ1v) is 7.66. The van der Waals surface area contributed by atoms with Crippen molar-refractivity contribution in [2.75, 3.05) is 7.11 Å². The monoisotopic (exact) mass is 331 g/mol. The fourth-order valence-electron chi connectivity index (χ4n) is 2.16. The SMILES string of the molecule is COc1ccc(Cc2nn3c(CC(=O)O)csc3nc2=O)cc1. The van der Waals surface area contributed by atoms with E-state index in [1.807, 2.05) is 12.1 Å². The van der Waals surface area contributed by atoms with E-state index in [4.69, 9.17) is 9.84 Å². The molecule has 1 N–H and O–H groups in total. The van der Waals surface area contributed by atoms with E-state index in [0.29, 0.717) is 17.1 Å². The molecule has 0 amide bonds. The van der Waals surface area contributed by atoms with Crippen molar-refractivity contribution in [3.05, 3.63) is 57.0 Å². The standard InChI is InChI=1S/C15H13N3O4S/c1-22-11-4-2-9(3-5-11)6-12-14(21)16-15-18(17-12)10(8-23-15)7-13(19)20/h2-5,8H,6-7H2,1H3,(H,19,20). The van der Waals surface area contributed by atoms with Gasteiger partial charge in [-0.05, 0) is 17.7 Å². The predicted molar refractivity (Wildman–Crippen MR) is 84.3 cm³/mol. The number of nitrogens with zero attached hydrogens (tertiary/aromatic N) is 3. The lowest BCUT2D eigenvalue weighted by molar-refractivity contribution is -0.136. The number of thiazole rings is 1. The van der Waals surface area contributed by atoms with Crippen LogP contribution in [0.3, 0.4) is 0 Å². The zero-order valence-corrected chi connectivity index (χ0v) is 13.0. The second kappa shape index (κ2) is 6.17. The molecule has 0 saturated carbocycles. The smallest absolute Gasteiger partial charge is 0.309 e. The number of fused-ring (bicyclic) bond motifs is 1. The average Bonchev–Trinajstić information content (AvgIpc) is 2.90. The van der Waals surface area contributed by atoms with Crippen molar-refractivity contribution in [3.8, 4) is 5.75 Å². The lowest BCUT2D eigenvalue weighted by Gasteiger charge is -2.04. The number of ether oxygens (including phenoxy) is 1. The Labute approximate surface area is 134 Å². The maximum atomic E-state index is 12.1. The number of hydrogen-bond acceptors (Lipinski definition) is 6. The van der Waals surface area contributed by atoms with Gasteiger partial charge in [-0.1, -0.05) is 12.1 Å². The maximum Gasteiger partial charge on any atom is 0.309 e. The molecule has 8 heteroatoms. The zero-order chi connectivity index (χ0) is 16.4. The summed E-state index contributed by atoms with van der Waals surface area (Å²) < 4.78 is 6.52. The van der Waals surface area contributed by atoms with E-state index in [0.717, 1.165) is 11.3 Å². The largest absolute Gasteiger partial charge is 0.497 e. The number of aliphatic carboxylic acids is 1. The number of methoxy groups -OCH3 is 1. The minimum atomic E-state index is -0.957. The first kappa shape index (κ1) is 15.2. The van der Waals surface area contributed by atoms with Crippen molar-refractivity contribution < 1.29 is 14.6 Å². The molecule has 3 aromatic rings. The van der Waals surface area contributed by atoms with Crippen LogP contribution in [0.2, 0.25) is 0 Å². The van der Waals surface area contributed by atoms with Crippen LogP contribution in [0.1, 0.15) is 17.0 Å². The van der Waals surface area contributed by atoms with Gasteiger partial charge in [0.2, 0.25) is 4.96 Å². The predicted octanol–water partition coefficient (Wildman–Crippen LogP) is 1.38. The molecule has 3 rings (SSSR count). The highest BCUT2D eigenvalue weighted by molar-refractivity contribution is 7.15. The fourth-order valence-corrected chi connectivity index (χ4v) is 2.98. The Kier molecular flexibility index (Phi) is 4.07. The van der Waals surface area contributed by atoms with E-state index in [9.17, 15) is 9.59 Å². The van der Waals surface area contributed by atoms with Gasteiger partial charge in [-0.2, -0.15) is 10.1 Å². The Morgan fingerprint density at radius 2 is 2.09 bits per heavy atom. The number of aromatic nitrogens is 3. The Hall–Kier alpha value is -2.74. The van der Waals surface area contributed by atoms with Crippen molar-refractivity contribution >= 4 is 22.3 Å². The lowest BCUT2D eigenvalue weighted by Crippen LogP contribution is -2.19. The van der Waals surface area contributed by atoms with Crippen LogP contribution in [0.5, 0.6) is 5.75 Å². The summed E-state index contributed by atoms with van der Waals surface area (Å²) in [7, 11) is 1.58. The number of rotatable bonds is 5. The van der Waals surface area contributed by atoms with Crippen LogP contribution >= 0.6 is 11.3 Å². The van der Waals surface area contributed by atoms with E-state index in [1.54, 1.807) is 24.6 Å². The van der Waals surface area contributed by atoms with Crippen LogP contribution in [0.25, 0.3) is 4.96 Å². The summed E-state index contributed by atoms with van der Waals surface area (Å²) in [4.78, 5) is 27.3. The third kappa shape index (κ3) is 3.21. The molecule has 0 radical (unpaired) electrons. The van der Waals surface area contributed by atoms with Crippen LogP contribution in [0.15, 0.2) is 34.4 Å². The molecule has 118 valence electrons. The van der Waals surface area contributed by atoms with Gasteiger partial charge in [-0.15, -0.1) is 11.3 Å². The summed E-state index contributed by atoms with van der Waals surface area (Å²) in [6.07, 6.45) is 0.153. The third-order valence-corrected chi connectivity index (χ3v) is 4.15. The summed E-state index contributed by atoms with van der Waals surface area (Å²) in [6, 6.07) is 7.31. The molecule has 0 unspecified atom stereocenters. The number of benzene rings is 1. The molecule has 0 aliphatic rings. The summed E-state index contributed by atoms with van der Waals surface area (Å²) in [5, 5.41) is 14.9. The molecule has 1 aromatic carbocycles. The number of carboxylic acid groups (broad SMARTS) is 1. The van der Waals surface area contributed by atoms with Crippen molar-refractivity contribution in [2.45, 2.75) is 12.8 Å². The second-order valence-corrected chi connectivity index (χ2v) is 5.72. The summed E-state index contributed by atoms with van der Waals surface area (Å²) in [5.74, 6) is -0.226. The number of carboxylic acids is 1. The summed E-state index contributed by atoms with van der Waals surface area (Å²) >= 11 is 1.20. The normalized spacial score (nSPS) is 10.8. The van der Waals surface area contributed by atoms with Crippen molar-refractivity contribution in [2.24, 2.45) is 0 Å². The van der Waals surface area contributed by atoms with E-state index >= 15 is 0 Å². The first-order valence-electron chi connectivity index (χ1n) is 6.78. The van der Waals surface area contributed by atoms with Gasteiger partial charge in [0, 0.05) is 11.8 Å². The molecular formula is C15H13N3O4S. The third-order valence-electron chi connectivity index (χ3n) is 3.28. The van der Waals surface area contributed by atoms with Crippen LogP contribution in [-0.4, -0.2) is 32.8 Å². The molecule has 2 aromatic heterocycles. The van der Waals surface area contributed by atoms with Gasteiger partial charge in [0.05, 0.1) is 19.2 Å². The van der Waals surface area contributed by atoms with Crippen LogP contribution in [0, 0.1) is 0 Å². The average molecular weight is 331 g/mol. The van der Waals surface area contributed by atoms with Crippen molar-refractivity contribution in [3.63, 3.8) is 0 Å². The Bertz CT molecular complexity index is 915. The molecule has 0 aliphatic heterocycles. The van der Waals surface area contributed by atoms with E-state index < -0.39 is 11.5 Å². The molecule has 2 heterocycles. The molecule has 0 atom stereocenters.